The standard InChI is InChI=1S/C15H20ClNS/c16-12-1-2-18-13(12)14(17)15-6-9-3-10(7-15)5-11(4-9)8-15/h1-2,9-11,14H,3-8,17H2. The van der Waals surface area contributed by atoms with Crippen LogP contribution in [-0.2, 0) is 0 Å². The Morgan fingerprint density at radius 3 is 2.17 bits per heavy atom. The molecule has 1 aromatic heterocycles. The van der Waals surface area contributed by atoms with Crippen LogP contribution in [0.15, 0.2) is 11.4 Å². The second-order valence-corrected chi connectivity index (χ2v) is 8.25. The van der Waals surface area contributed by atoms with Crippen LogP contribution in [0.3, 0.4) is 0 Å². The van der Waals surface area contributed by atoms with Crippen molar-refractivity contribution in [2.45, 2.75) is 44.6 Å². The summed E-state index contributed by atoms with van der Waals surface area (Å²) in [6.07, 6.45) is 8.50. The van der Waals surface area contributed by atoms with Gasteiger partial charge in [0.05, 0.1) is 5.02 Å². The van der Waals surface area contributed by atoms with E-state index in [-0.39, 0.29) is 6.04 Å². The van der Waals surface area contributed by atoms with Gasteiger partial charge in [0.15, 0.2) is 0 Å². The Morgan fingerprint density at radius 2 is 1.72 bits per heavy atom. The highest BCUT2D eigenvalue weighted by molar-refractivity contribution is 7.10. The summed E-state index contributed by atoms with van der Waals surface area (Å²) in [5.41, 5.74) is 7.04. The lowest BCUT2D eigenvalue weighted by Crippen LogP contribution is -2.50. The van der Waals surface area contributed by atoms with Gasteiger partial charge in [-0.25, -0.2) is 0 Å². The fraction of sp³-hybridized carbons (Fsp3) is 0.733. The summed E-state index contributed by atoms with van der Waals surface area (Å²) in [6.45, 7) is 0. The first-order valence-electron chi connectivity index (χ1n) is 7.15. The van der Waals surface area contributed by atoms with E-state index in [0.29, 0.717) is 5.41 Å². The van der Waals surface area contributed by atoms with Gasteiger partial charge in [0.1, 0.15) is 0 Å². The van der Waals surface area contributed by atoms with Crippen molar-refractivity contribution in [2.24, 2.45) is 28.9 Å². The second kappa shape index (κ2) is 3.97. The van der Waals surface area contributed by atoms with Crippen LogP contribution in [0.25, 0.3) is 0 Å². The van der Waals surface area contributed by atoms with E-state index in [1.54, 1.807) is 11.3 Å². The average molecular weight is 282 g/mol. The highest BCUT2D eigenvalue weighted by Crippen LogP contribution is 2.64. The van der Waals surface area contributed by atoms with Crippen LogP contribution < -0.4 is 5.73 Å². The van der Waals surface area contributed by atoms with Crippen molar-refractivity contribution in [3.05, 3.63) is 21.3 Å². The molecule has 1 atom stereocenters. The molecule has 0 saturated heterocycles. The van der Waals surface area contributed by atoms with E-state index in [0.717, 1.165) is 22.8 Å². The molecule has 2 N–H and O–H groups in total. The minimum atomic E-state index is 0.179. The first kappa shape index (κ1) is 11.7. The first-order chi connectivity index (χ1) is 8.66. The Morgan fingerprint density at radius 1 is 1.17 bits per heavy atom. The summed E-state index contributed by atoms with van der Waals surface area (Å²) < 4.78 is 0. The maximum Gasteiger partial charge on any atom is 0.0561 e. The van der Waals surface area contributed by atoms with Crippen molar-refractivity contribution in [3.63, 3.8) is 0 Å². The fourth-order valence-corrected chi connectivity index (χ4v) is 6.68. The Kier molecular flexibility index (Phi) is 2.59. The molecule has 0 amide bonds. The molecule has 1 aromatic rings. The predicted molar refractivity (Wildman–Crippen MR) is 76.9 cm³/mol. The van der Waals surface area contributed by atoms with Gasteiger partial charge in [0, 0.05) is 10.9 Å². The van der Waals surface area contributed by atoms with Crippen molar-refractivity contribution in [2.75, 3.05) is 0 Å². The van der Waals surface area contributed by atoms with Gasteiger partial charge in [-0.3, -0.25) is 0 Å². The van der Waals surface area contributed by atoms with Crippen molar-refractivity contribution in [3.8, 4) is 0 Å². The lowest BCUT2D eigenvalue weighted by Gasteiger charge is -2.58. The van der Waals surface area contributed by atoms with Gasteiger partial charge >= 0.3 is 0 Å². The van der Waals surface area contributed by atoms with E-state index >= 15 is 0 Å². The summed E-state index contributed by atoms with van der Waals surface area (Å²) in [5, 5.41) is 2.97. The fourth-order valence-electron chi connectivity index (χ4n) is 5.36. The molecule has 0 spiro atoms. The molecule has 0 aliphatic heterocycles. The van der Waals surface area contributed by atoms with Crippen molar-refractivity contribution < 1.29 is 0 Å². The molecule has 1 unspecified atom stereocenters. The van der Waals surface area contributed by atoms with Crippen LogP contribution in [0.5, 0.6) is 0 Å². The van der Waals surface area contributed by atoms with Crippen LogP contribution in [0.1, 0.15) is 49.4 Å². The van der Waals surface area contributed by atoms with Gasteiger partial charge in [0.2, 0.25) is 0 Å². The second-order valence-electron chi connectivity index (χ2n) is 6.89. The number of thiophene rings is 1. The molecule has 1 nitrogen and oxygen atoms in total. The lowest BCUT2D eigenvalue weighted by molar-refractivity contribution is -0.0671. The minimum absolute atomic E-state index is 0.179. The molecule has 4 aliphatic carbocycles. The van der Waals surface area contributed by atoms with Crippen molar-refractivity contribution >= 4 is 22.9 Å². The predicted octanol–water partition coefficient (Wildman–Crippen LogP) is 4.62. The number of hydrogen-bond donors (Lipinski definition) is 1. The summed E-state index contributed by atoms with van der Waals surface area (Å²) in [6, 6.07) is 2.18. The highest BCUT2D eigenvalue weighted by Gasteiger charge is 2.54. The van der Waals surface area contributed by atoms with Crippen LogP contribution in [-0.4, -0.2) is 0 Å². The van der Waals surface area contributed by atoms with Gasteiger partial charge in [-0.05, 0) is 73.1 Å². The molecule has 1 heterocycles. The van der Waals surface area contributed by atoms with Gasteiger partial charge in [-0.1, -0.05) is 11.6 Å². The van der Waals surface area contributed by atoms with E-state index in [4.69, 9.17) is 17.3 Å². The normalized spacial score (nSPS) is 43.3. The Bertz CT molecular complexity index is 432. The molecular weight excluding hydrogens is 262 g/mol. The summed E-state index contributed by atoms with van der Waals surface area (Å²) in [7, 11) is 0. The Hall–Kier alpha value is -0.0500. The molecule has 18 heavy (non-hydrogen) atoms. The van der Waals surface area contributed by atoms with E-state index in [1.165, 1.54) is 43.4 Å². The molecule has 4 aliphatic rings. The lowest BCUT2D eigenvalue weighted by atomic mass is 9.47. The van der Waals surface area contributed by atoms with Crippen molar-refractivity contribution in [1.29, 1.82) is 0 Å². The van der Waals surface area contributed by atoms with Crippen molar-refractivity contribution in [1.82, 2.24) is 0 Å². The van der Waals surface area contributed by atoms with Gasteiger partial charge < -0.3 is 5.73 Å². The summed E-state index contributed by atoms with van der Waals surface area (Å²) in [5.74, 6) is 2.88. The van der Waals surface area contributed by atoms with Gasteiger partial charge in [0.25, 0.3) is 0 Å². The van der Waals surface area contributed by atoms with Crippen LogP contribution in [0.2, 0.25) is 5.02 Å². The highest BCUT2D eigenvalue weighted by atomic mass is 35.5. The van der Waals surface area contributed by atoms with E-state index in [1.807, 2.05) is 6.07 Å². The maximum absolute atomic E-state index is 6.67. The zero-order chi connectivity index (χ0) is 12.3. The Labute approximate surface area is 118 Å². The molecule has 0 radical (unpaired) electrons. The summed E-state index contributed by atoms with van der Waals surface area (Å²) in [4.78, 5) is 1.23. The number of rotatable bonds is 2. The van der Waals surface area contributed by atoms with E-state index in [2.05, 4.69) is 5.38 Å². The third-order valence-electron chi connectivity index (χ3n) is 5.67. The average Bonchev–Trinajstić information content (AvgIpc) is 2.72. The molecule has 3 heteroatoms. The minimum Gasteiger partial charge on any atom is -0.323 e. The molecule has 4 fully saturated rings. The first-order valence-corrected chi connectivity index (χ1v) is 8.40. The smallest absolute Gasteiger partial charge is 0.0561 e. The third kappa shape index (κ3) is 1.62. The Balaban J connectivity index is 1.69. The number of hydrogen-bond acceptors (Lipinski definition) is 2. The summed E-state index contributed by atoms with van der Waals surface area (Å²) >= 11 is 8.05. The number of halogens is 1. The third-order valence-corrected chi connectivity index (χ3v) is 7.11. The molecule has 5 rings (SSSR count). The van der Waals surface area contributed by atoms with Crippen LogP contribution in [0, 0.1) is 23.2 Å². The largest absolute Gasteiger partial charge is 0.323 e. The van der Waals surface area contributed by atoms with Gasteiger partial charge in [-0.15, -0.1) is 11.3 Å². The van der Waals surface area contributed by atoms with Gasteiger partial charge in [-0.2, -0.15) is 0 Å². The molecular formula is C15H20ClNS. The molecule has 0 aromatic carbocycles. The van der Waals surface area contributed by atoms with Crippen LogP contribution >= 0.6 is 22.9 Å². The molecule has 4 saturated carbocycles. The monoisotopic (exact) mass is 281 g/mol. The zero-order valence-electron chi connectivity index (χ0n) is 10.6. The molecule has 4 bridgehead atoms. The van der Waals surface area contributed by atoms with E-state index < -0.39 is 0 Å². The van der Waals surface area contributed by atoms with E-state index in [9.17, 15) is 0 Å². The maximum atomic E-state index is 6.67. The quantitative estimate of drug-likeness (QED) is 0.841. The van der Waals surface area contributed by atoms with Crippen LogP contribution in [0.4, 0.5) is 0 Å². The topological polar surface area (TPSA) is 26.0 Å². The number of nitrogens with two attached hydrogens (primary N) is 1. The molecule has 98 valence electrons. The zero-order valence-corrected chi connectivity index (χ0v) is 12.1. The SMILES string of the molecule is NC(c1sccc1Cl)C12CC3CC(CC(C3)C1)C2.